The number of rotatable bonds is 4. The molecule has 0 radical (unpaired) electrons. The highest BCUT2D eigenvalue weighted by atomic mass is 32.1. The molecule has 0 aliphatic heterocycles. The summed E-state index contributed by atoms with van der Waals surface area (Å²) < 4.78 is 5.44. The van der Waals surface area contributed by atoms with Crippen molar-refractivity contribution in [2.24, 2.45) is 0 Å². The fraction of sp³-hybridized carbons (Fsp3) is 0.150. The molecule has 0 fully saturated rings. The number of hydrogen-bond donors (Lipinski definition) is 1. The number of quaternary nitrogens is 1. The fourth-order valence-electron chi connectivity index (χ4n) is 3.26. The Morgan fingerprint density at radius 3 is 2.75 bits per heavy atom. The smallest absolute Gasteiger partial charge is 0.336 e. The summed E-state index contributed by atoms with van der Waals surface area (Å²) in [5.74, 6) is 0. The first-order chi connectivity index (χ1) is 11.7. The molecule has 0 bridgehead atoms. The molecule has 2 aromatic heterocycles. The molecule has 4 aromatic rings. The van der Waals surface area contributed by atoms with Gasteiger partial charge in [0.1, 0.15) is 18.7 Å². The Morgan fingerprint density at radius 2 is 1.92 bits per heavy atom. The zero-order chi connectivity index (χ0) is 16.5. The monoisotopic (exact) mass is 336 g/mol. The van der Waals surface area contributed by atoms with Gasteiger partial charge in [-0.2, -0.15) is 0 Å². The lowest BCUT2D eigenvalue weighted by atomic mass is 10.0. The van der Waals surface area contributed by atoms with Crippen molar-refractivity contribution >= 4 is 33.1 Å². The lowest BCUT2D eigenvalue weighted by Crippen LogP contribution is -3.06. The third-order valence-electron chi connectivity index (χ3n) is 4.26. The highest BCUT2D eigenvalue weighted by Crippen LogP contribution is 2.27. The lowest BCUT2D eigenvalue weighted by Gasteiger charge is -2.15. The van der Waals surface area contributed by atoms with E-state index in [4.69, 9.17) is 4.42 Å². The molecule has 1 N–H and O–H groups in total. The minimum absolute atomic E-state index is 0.281. The van der Waals surface area contributed by atoms with Gasteiger partial charge in [-0.25, -0.2) is 4.79 Å². The Kier molecular flexibility index (Phi) is 3.92. The molecule has 2 aromatic carbocycles. The number of fused-ring (bicyclic) bond motifs is 3. The van der Waals surface area contributed by atoms with Gasteiger partial charge in [-0.05, 0) is 28.3 Å². The second kappa shape index (κ2) is 6.23. The van der Waals surface area contributed by atoms with Crippen LogP contribution in [-0.2, 0) is 13.1 Å². The van der Waals surface area contributed by atoms with Crippen molar-refractivity contribution in [1.82, 2.24) is 0 Å². The van der Waals surface area contributed by atoms with Crippen LogP contribution in [-0.4, -0.2) is 7.05 Å². The van der Waals surface area contributed by atoms with Crippen LogP contribution in [0.1, 0.15) is 10.4 Å². The molecule has 0 amide bonds. The van der Waals surface area contributed by atoms with Crippen LogP contribution in [0, 0.1) is 0 Å². The van der Waals surface area contributed by atoms with E-state index in [2.05, 4.69) is 36.7 Å². The SMILES string of the molecule is C[NH+](Cc1cccs1)Cc1cc(=O)oc2ccc3ccccc3c12. The van der Waals surface area contributed by atoms with Gasteiger partial charge in [0.15, 0.2) is 0 Å². The molecule has 4 rings (SSSR count). The Labute approximate surface area is 143 Å². The number of nitrogens with one attached hydrogen (secondary N) is 1. The van der Waals surface area contributed by atoms with E-state index in [0.717, 1.165) is 34.8 Å². The maximum atomic E-state index is 12.0. The van der Waals surface area contributed by atoms with Gasteiger partial charge in [0.25, 0.3) is 0 Å². The number of benzene rings is 2. The highest BCUT2D eigenvalue weighted by Gasteiger charge is 2.14. The van der Waals surface area contributed by atoms with Gasteiger partial charge in [0.2, 0.25) is 0 Å². The third-order valence-corrected chi connectivity index (χ3v) is 5.14. The molecular weight excluding hydrogens is 318 g/mol. The summed E-state index contributed by atoms with van der Waals surface area (Å²) in [6.45, 7) is 1.73. The molecule has 0 aliphatic rings. The molecule has 0 saturated carbocycles. The van der Waals surface area contributed by atoms with Gasteiger partial charge in [-0.1, -0.05) is 36.4 Å². The quantitative estimate of drug-likeness (QED) is 0.459. The molecular formula is C20H18NO2S+. The minimum Gasteiger partial charge on any atom is -0.423 e. The van der Waals surface area contributed by atoms with Crippen LogP contribution in [0.25, 0.3) is 21.7 Å². The van der Waals surface area contributed by atoms with E-state index in [1.807, 2.05) is 24.3 Å². The predicted octanol–water partition coefficient (Wildman–Crippen LogP) is 3.22. The van der Waals surface area contributed by atoms with E-state index in [9.17, 15) is 4.79 Å². The minimum atomic E-state index is -0.281. The second-order valence-electron chi connectivity index (χ2n) is 6.14. The molecule has 3 nitrogen and oxygen atoms in total. The van der Waals surface area contributed by atoms with Crippen molar-refractivity contribution in [1.29, 1.82) is 0 Å². The van der Waals surface area contributed by atoms with Gasteiger partial charge >= 0.3 is 5.63 Å². The maximum Gasteiger partial charge on any atom is 0.336 e. The van der Waals surface area contributed by atoms with E-state index in [1.54, 1.807) is 17.4 Å². The van der Waals surface area contributed by atoms with Crippen molar-refractivity contribution in [2.75, 3.05) is 7.05 Å². The first-order valence-electron chi connectivity index (χ1n) is 7.99. The van der Waals surface area contributed by atoms with E-state index >= 15 is 0 Å². The van der Waals surface area contributed by atoms with Crippen LogP contribution in [0.4, 0.5) is 0 Å². The van der Waals surface area contributed by atoms with Crippen molar-refractivity contribution in [3.63, 3.8) is 0 Å². The average Bonchev–Trinajstić information content (AvgIpc) is 3.07. The molecule has 0 aliphatic carbocycles. The van der Waals surface area contributed by atoms with E-state index in [1.165, 1.54) is 9.78 Å². The average molecular weight is 336 g/mol. The zero-order valence-corrected chi connectivity index (χ0v) is 14.2. The van der Waals surface area contributed by atoms with Gasteiger partial charge < -0.3 is 9.32 Å². The van der Waals surface area contributed by atoms with Crippen LogP contribution in [0.5, 0.6) is 0 Å². The standard InChI is InChI=1S/C20H17NO2S/c1-21(13-16-6-4-10-24-16)12-15-11-19(22)23-18-9-8-14-5-2-3-7-17(14)20(15)18/h2-11H,12-13H2,1H3/p+1. The van der Waals surface area contributed by atoms with Gasteiger partial charge in [0.05, 0.1) is 11.9 Å². The molecule has 1 unspecified atom stereocenters. The first-order valence-corrected chi connectivity index (χ1v) is 8.87. The third kappa shape index (κ3) is 2.86. The molecule has 4 heteroatoms. The van der Waals surface area contributed by atoms with Crippen LogP contribution >= 0.6 is 11.3 Å². The van der Waals surface area contributed by atoms with Crippen molar-refractivity contribution in [3.8, 4) is 0 Å². The Bertz CT molecular complexity index is 1050. The molecule has 24 heavy (non-hydrogen) atoms. The van der Waals surface area contributed by atoms with E-state index < -0.39 is 0 Å². The maximum absolute atomic E-state index is 12.0. The van der Waals surface area contributed by atoms with E-state index in [-0.39, 0.29) is 5.63 Å². The Hall–Kier alpha value is -2.43. The van der Waals surface area contributed by atoms with Crippen molar-refractivity contribution in [3.05, 3.63) is 80.8 Å². The number of thiophene rings is 1. The van der Waals surface area contributed by atoms with Crippen molar-refractivity contribution < 1.29 is 9.32 Å². The Morgan fingerprint density at radius 1 is 1.04 bits per heavy atom. The number of hydrogen-bond acceptors (Lipinski definition) is 3. The van der Waals surface area contributed by atoms with Crippen LogP contribution < -0.4 is 10.5 Å². The van der Waals surface area contributed by atoms with E-state index in [0.29, 0.717) is 5.58 Å². The van der Waals surface area contributed by atoms with Crippen molar-refractivity contribution in [2.45, 2.75) is 13.1 Å². The summed E-state index contributed by atoms with van der Waals surface area (Å²) in [4.78, 5) is 14.7. The summed E-state index contributed by atoms with van der Waals surface area (Å²) in [6, 6.07) is 18.0. The zero-order valence-electron chi connectivity index (χ0n) is 13.4. The summed E-state index contributed by atoms with van der Waals surface area (Å²) >= 11 is 1.77. The molecule has 120 valence electrons. The van der Waals surface area contributed by atoms with Gasteiger partial charge in [-0.15, -0.1) is 11.3 Å². The second-order valence-corrected chi connectivity index (χ2v) is 7.17. The molecule has 2 heterocycles. The fourth-order valence-corrected chi connectivity index (χ4v) is 4.08. The van der Waals surface area contributed by atoms with Crippen LogP contribution in [0.2, 0.25) is 0 Å². The van der Waals surface area contributed by atoms with Gasteiger partial charge in [0, 0.05) is 17.0 Å². The normalized spacial score (nSPS) is 12.7. The Balaban J connectivity index is 1.81. The highest BCUT2D eigenvalue weighted by molar-refractivity contribution is 7.09. The van der Waals surface area contributed by atoms with Crippen LogP contribution in [0.3, 0.4) is 0 Å². The summed E-state index contributed by atoms with van der Waals surface area (Å²) in [5.41, 5.74) is 1.43. The molecule has 1 atom stereocenters. The summed E-state index contributed by atoms with van der Waals surface area (Å²) in [6.07, 6.45) is 0. The molecule has 0 saturated heterocycles. The van der Waals surface area contributed by atoms with Crippen LogP contribution in [0.15, 0.2) is 69.2 Å². The lowest BCUT2D eigenvalue weighted by molar-refractivity contribution is -0.907. The largest absolute Gasteiger partial charge is 0.423 e. The molecule has 0 spiro atoms. The summed E-state index contributed by atoms with van der Waals surface area (Å²) in [7, 11) is 2.16. The topological polar surface area (TPSA) is 34.7 Å². The predicted molar refractivity (Wildman–Crippen MR) is 98.6 cm³/mol. The first kappa shape index (κ1) is 15.1. The summed E-state index contributed by atoms with van der Waals surface area (Å²) in [5, 5.41) is 5.45. The van der Waals surface area contributed by atoms with Gasteiger partial charge in [-0.3, -0.25) is 0 Å².